The normalized spacial score (nSPS) is 12.0. The highest BCUT2D eigenvalue weighted by Gasteiger charge is 2.15. The molecule has 3 N–H and O–H groups in total. The zero-order chi connectivity index (χ0) is 11.8. The zero-order valence-electron chi connectivity index (χ0n) is 9.74. The SMILES string of the molecule is CC(C)(C)Oc1ccnc2nc(CN)[nH]c12. The topological polar surface area (TPSA) is 76.8 Å². The number of aromatic amines is 1. The summed E-state index contributed by atoms with van der Waals surface area (Å²) in [5.41, 5.74) is 6.73. The van der Waals surface area contributed by atoms with E-state index in [1.807, 2.05) is 26.8 Å². The van der Waals surface area contributed by atoms with Crippen molar-refractivity contribution in [3.05, 3.63) is 18.1 Å². The molecule has 2 heterocycles. The van der Waals surface area contributed by atoms with Crippen LogP contribution in [0, 0.1) is 0 Å². The van der Waals surface area contributed by atoms with Crippen molar-refractivity contribution in [2.45, 2.75) is 32.9 Å². The van der Waals surface area contributed by atoms with Gasteiger partial charge in [-0.05, 0) is 20.8 Å². The predicted octanol–water partition coefficient (Wildman–Crippen LogP) is 1.59. The molecule has 0 saturated heterocycles. The van der Waals surface area contributed by atoms with Gasteiger partial charge in [-0.2, -0.15) is 0 Å². The standard InChI is InChI=1S/C11H16N4O/c1-11(2,3)16-7-4-5-13-10-9(7)14-8(6-12)15-10/h4-5H,6,12H2,1-3H3,(H,13,14,15). The third kappa shape index (κ3) is 2.14. The maximum Gasteiger partial charge on any atom is 0.181 e. The number of nitrogens with two attached hydrogens (primary N) is 1. The Hall–Kier alpha value is -1.62. The van der Waals surface area contributed by atoms with Crippen LogP contribution in [0.1, 0.15) is 26.6 Å². The second-order valence-corrected chi connectivity index (χ2v) is 4.61. The molecule has 0 spiro atoms. The molecule has 2 aromatic rings. The van der Waals surface area contributed by atoms with E-state index in [4.69, 9.17) is 10.5 Å². The van der Waals surface area contributed by atoms with E-state index in [2.05, 4.69) is 15.0 Å². The first-order chi connectivity index (χ1) is 7.49. The maximum absolute atomic E-state index is 5.82. The molecule has 0 unspecified atom stereocenters. The van der Waals surface area contributed by atoms with Crippen molar-refractivity contribution in [3.63, 3.8) is 0 Å². The minimum atomic E-state index is -0.248. The lowest BCUT2D eigenvalue weighted by Crippen LogP contribution is -2.23. The van der Waals surface area contributed by atoms with Crippen LogP contribution in [0.2, 0.25) is 0 Å². The number of ether oxygens (including phenoxy) is 1. The summed E-state index contributed by atoms with van der Waals surface area (Å²) < 4.78 is 5.82. The second kappa shape index (κ2) is 3.75. The number of nitrogens with zero attached hydrogens (tertiary/aromatic N) is 2. The van der Waals surface area contributed by atoms with Crippen LogP contribution in [0.3, 0.4) is 0 Å². The molecule has 0 aliphatic rings. The molecule has 16 heavy (non-hydrogen) atoms. The minimum absolute atomic E-state index is 0.248. The monoisotopic (exact) mass is 220 g/mol. The van der Waals surface area contributed by atoms with Crippen molar-refractivity contribution in [2.75, 3.05) is 0 Å². The number of pyridine rings is 1. The highest BCUT2D eigenvalue weighted by molar-refractivity contribution is 5.77. The number of aromatic nitrogens is 3. The lowest BCUT2D eigenvalue weighted by Gasteiger charge is -2.21. The van der Waals surface area contributed by atoms with Crippen molar-refractivity contribution in [3.8, 4) is 5.75 Å². The predicted molar refractivity (Wildman–Crippen MR) is 62.2 cm³/mol. The summed E-state index contributed by atoms with van der Waals surface area (Å²) in [6, 6.07) is 1.83. The second-order valence-electron chi connectivity index (χ2n) is 4.61. The van der Waals surface area contributed by atoms with Crippen molar-refractivity contribution >= 4 is 11.2 Å². The third-order valence-electron chi connectivity index (χ3n) is 2.01. The quantitative estimate of drug-likeness (QED) is 0.805. The van der Waals surface area contributed by atoms with E-state index in [-0.39, 0.29) is 5.60 Å². The van der Waals surface area contributed by atoms with Gasteiger partial charge in [-0.1, -0.05) is 0 Å². The fourth-order valence-electron chi connectivity index (χ4n) is 1.45. The van der Waals surface area contributed by atoms with Gasteiger partial charge in [0.25, 0.3) is 0 Å². The number of rotatable bonds is 2. The van der Waals surface area contributed by atoms with Crippen LogP contribution < -0.4 is 10.5 Å². The fraction of sp³-hybridized carbons (Fsp3) is 0.455. The summed E-state index contributed by atoms with van der Waals surface area (Å²) in [6.45, 7) is 6.36. The molecule has 0 aliphatic heterocycles. The van der Waals surface area contributed by atoms with Gasteiger partial charge in [0.05, 0.1) is 6.54 Å². The van der Waals surface area contributed by atoms with Crippen molar-refractivity contribution in [2.24, 2.45) is 5.73 Å². The summed E-state index contributed by atoms with van der Waals surface area (Å²) >= 11 is 0. The summed E-state index contributed by atoms with van der Waals surface area (Å²) in [5.74, 6) is 1.47. The largest absolute Gasteiger partial charge is 0.486 e. The molecule has 0 atom stereocenters. The summed E-state index contributed by atoms with van der Waals surface area (Å²) in [5, 5.41) is 0. The molecule has 0 aliphatic carbocycles. The molecule has 5 heteroatoms. The molecule has 0 fully saturated rings. The van der Waals surface area contributed by atoms with Gasteiger partial charge in [0.2, 0.25) is 0 Å². The van der Waals surface area contributed by atoms with Gasteiger partial charge in [0.1, 0.15) is 22.7 Å². The summed E-state index contributed by atoms with van der Waals surface area (Å²) in [4.78, 5) is 11.5. The molecule has 2 rings (SSSR count). The van der Waals surface area contributed by atoms with E-state index in [1.165, 1.54) is 0 Å². The number of fused-ring (bicyclic) bond motifs is 1. The molecular weight excluding hydrogens is 204 g/mol. The first-order valence-corrected chi connectivity index (χ1v) is 5.22. The van der Waals surface area contributed by atoms with E-state index >= 15 is 0 Å². The van der Waals surface area contributed by atoms with Gasteiger partial charge in [0.15, 0.2) is 5.65 Å². The Balaban J connectivity index is 2.48. The Bertz CT molecular complexity index is 498. The van der Waals surface area contributed by atoms with E-state index in [9.17, 15) is 0 Å². The summed E-state index contributed by atoms with van der Waals surface area (Å²) in [7, 11) is 0. The van der Waals surface area contributed by atoms with Crippen LogP contribution in [0.4, 0.5) is 0 Å². The van der Waals surface area contributed by atoms with Gasteiger partial charge < -0.3 is 15.5 Å². The molecule has 86 valence electrons. The van der Waals surface area contributed by atoms with Crippen LogP contribution in [-0.4, -0.2) is 20.6 Å². The molecule has 0 radical (unpaired) electrons. The van der Waals surface area contributed by atoms with E-state index < -0.39 is 0 Å². The Morgan fingerprint density at radius 3 is 2.81 bits per heavy atom. The van der Waals surface area contributed by atoms with Crippen LogP contribution in [0.25, 0.3) is 11.2 Å². The number of H-pyrrole nitrogens is 1. The first-order valence-electron chi connectivity index (χ1n) is 5.22. The third-order valence-corrected chi connectivity index (χ3v) is 2.01. The molecule has 0 amide bonds. The number of nitrogens with one attached hydrogen (secondary N) is 1. The first kappa shape index (κ1) is 10.9. The molecule has 0 saturated carbocycles. The van der Waals surface area contributed by atoms with E-state index in [1.54, 1.807) is 6.20 Å². The van der Waals surface area contributed by atoms with E-state index in [0.29, 0.717) is 18.0 Å². The zero-order valence-corrected chi connectivity index (χ0v) is 9.74. The molecule has 2 aromatic heterocycles. The smallest absolute Gasteiger partial charge is 0.181 e. The maximum atomic E-state index is 5.82. The fourth-order valence-corrected chi connectivity index (χ4v) is 1.45. The Labute approximate surface area is 94.0 Å². The molecule has 5 nitrogen and oxygen atoms in total. The minimum Gasteiger partial charge on any atom is -0.486 e. The Morgan fingerprint density at radius 2 is 2.19 bits per heavy atom. The van der Waals surface area contributed by atoms with Crippen LogP contribution in [0.5, 0.6) is 5.75 Å². The van der Waals surface area contributed by atoms with Crippen LogP contribution in [-0.2, 0) is 6.54 Å². The lowest BCUT2D eigenvalue weighted by molar-refractivity contribution is 0.133. The Morgan fingerprint density at radius 1 is 1.44 bits per heavy atom. The van der Waals surface area contributed by atoms with Gasteiger partial charge in [-0.3, -0.25) is 0 Å². The average molecular weight is 220 g/mol. The highest BCUT2D eigenvalue weighted by Crippen LogP contribution is 2.25. The molecule has 0 aromatic carbocycles. The lowest BCUT2D eigenvalue weighted by atomic mass is 10.2. The van der Waals surface area contributed by atoms with Gasteiger partial charge >= 0.3 is 0 Å². The Kier molecular flexibility index (Phi) is 2.55. The van der Waals surface area contributed by atoms with Gasteiger partial charge in [0, 0.05) is 12.3 Å². The molecular formula is C11H16N4O. The van der Waals surface area contributed by atoms with Crippen LogP contribution >= 0.6 is 0 Å². The number of imidazole rings is 1. The highest BCUT2D eigenvalue weighted by atomic mass is 16.5. The number of hydrogen-bond donors (Lipinski definition) is 2. The van der Waals surface area contributed by atoms with Gasteiger partial charge in [-0.15, -0.1) is 0 Å². The van der Waals surface area contributed by atoms with Crippen molar-refractivity contribution < 1.29 is 4.74 Å². The van der Waals surface area contributed by atoms with Gasteiger partial charge in [-0.25, -0.2) is 9.97 Å². The summed E-state index contributed by atoms with van der Waals surface area (Å²) in [6.07, 6.45) is 1.69. The van der Waals surface area contributed by atoms with Crippen molar-refractivity contribution in [1.82, 2.24) is 15.0 Å². The molecule has 0 bridgehead atoms. The van der Waals surface area contributed by atoms with E-state index in [0.717, 1.165) is 11.3 Å². The number of hydrogen-bond acceptors (Lipinski definition) is 4. The van der Waals surface area contributed by atoms with Crippen molar-refractivity contribution in [1.29, 1.82) is 0 Å². The average Bonchev–Trinajstić information content (AvgIpc) is 2.59. The van der Waals surface area contributed by atoms with Crippen LogP contribution in [0.15, 0.2) is 12.3 Å².